The van der Waals surface area contributed by atoms with E-state index in [1.54, 1.807) is 0 Å². The predicted octanol–water partition coefficient (Wildman–Crippen LogP) is 3.25. The summed E-state index contributed by atoms with van der Waals surface area (Å²) in [6.07, 6.45) is 0. The number of carboxylic acids is 6. The Morgan fingerprint density at radius 2 is 0.472 bits per heavy atom. The lowest BCUT2D eigenvalue weighted by Gasteiger charge is -1.95. The number of benzene rings is 3. The molecule has 3 aromatic carbocycles. The lowest BCUT2D eigenvalue weighted by molar-refractivity contribution is 0.0676. The van der Waals surface area contributed by atoms with Gasteiger partial charge in [0.05, 0.1) is 33.4 Å². The van der Waals surface area contributed by atoms with Gasteiger partial charge in [0.2, 0.25) is 0 Å². The summed E-state index contributed by atoms with van der Waals surface area (Å²) in [5.74, 6) is -6.76. The molecule has 0 aliphatic carbocycles. The molecule has 0 saturated carbocycles. The first-order valence-corrected chi connectivity index (χ1v) is 9.53. The van der Waals surface area contributed by atoms with Crippen molar-refractivity contribution in [2.75, 3.05) is 0 Å². The van der Waals surface area contributed by atoms with Gasteiger partial charge >= 0.3 is 35.8 Å². The number of aromatic carboxylic acids is 6. The second kappa shape index (κ2) is 13.3. The highest BCUT2D eigenvalue weighted by molar-refractivity contribution is 5.95. The van der Waals surface area contributed by atoms with Crippen molar-refractivity contribution in [3.8, 4) is 0 Å². The molecule has 0 aliphatic rings. The largest absolute Gasteiger partial charge is 0.478 e. The number of carboxylic acid groups (broad SMARTS) is 6. The summed E-state index contributed by atoms with van der Waals surface area (Å²) in [6.45, 7) is 0. The van der Waals surface area contributed by atoms with Gasteiger partial charge < -0.3 is 30.6 Å². The van der Waals surface area contributed by atoms with Crippen LogP contribution in [0.25, 0.3) is 0 Å². The number of hydrogen-bond donors (Lipinski definition) is 6. The van der Waals surface area contributed by atoms with Crippen molar-refractivity contribution in [2.24, 2.45) is 0 Å². The average molecular weight is 498 g/mol. The summed E-state index contributed by atoms with van der Waals surface area (Å²) in [7, 11) is 0. The highest BCUT2D eigenvalue weighted by Crippen LogP contribution is 2.06. The fourth-order valence-electron chi connectivity index (χ4n) is 2.36. The Morgan fingerprint density at radius 3 is 0.583 bits per heavy atom. The first kappa shape index (κ1) is 28.5. The molecule has 0 fully saturated rings. The molecular formula is C24H18O12. The fourth-order valence-corrected chi connectivity index (χ4v) is 2.36. The van der Waals surface area contributed by atoms with Crippen molar-refractivity contribution in [2.45, 2.75) is 0 Å². The molecule has 0 bridgehead atoms. The molecule has 0 heterocycles. The minimum absolute atomic E-state index is 0.0186. The van der Waals surface area contributed by atoms with Gasteiger partial charge in [-0.1, -0.05) is 18.2 Å². The Hall–Kier alpha value is -5.52. The van der Waals surface area contributed by atoms with E-state index in [4.69, 9.17) is 30.6 Å². The maximum absolute atomic E-state index is 10.4. The van der Waals surface area contributed by atoms with Crippen LogP contribution in [0, 0.1) is 0 Å². The fraction of sp³-hybridized carbons (Fsp3) is 0. The van der Waals surface area contributed by atoms with Gasteiger partial charge in [0.15, 0.2) is 0 Å². The van der Waals surface area contributed by atoms with Crippen LogP contribution < -0.4 is 0 Å². The van der Waals surface area contributed by atoms with Gasteiger partial charge in [-0.2, -0.15) is 0 Å². The quantitative estimate of drug-likeness (QED) is 0.288. The molecule has 0 radical (unpaired) electrons. The Kier molecular flexibility index (Phi) is 10.5. The molecule has 0 aliphatic heterocycles. The van der Waals surface area contributed by atoms with Gasteiger partial charge in [-0.15, -0.1) is 0 Å². The van der Waals surface area contributed by atoms with Crippen LogP contribution in [-0.4, -0.2) is 66.5 Å². The van der Waals surface area contributed by atoms with E-state index in [1.165, 1.54) is 54.6 Å². The molecule has 3 rings (SSSR count). The molecule has 36 heavy (non-hydrogen) atoms. The first-order valence-electron chi connectivity index (χ1n) is 9.53. The second-order valence-corrected chi connectivity index (χ2v) is 6.57. The Morgan fingerprint density at radius 1 is 0.333 bits per heavy atom. The third kappa shape index (κ3) is 9.15. The third-order valence-electron chi connectivity index (χ3n) is 4.07. The first-order chi connectivity index (χ1) is 16.8. The molecule has 0 aromatic heterocycles. The molecule has 0 saturated heterocycles. The van der Waals surface area contributed by atoms with Crippen molar-refractivity contribution in [3.63, 3.8) is 0 Å². The average Bonchev–Trinajstić information content (AvgIpc) is 2.85. The lowest BCUT2D eigenvalue weighted by Crippen LogP contribution is -2.01. The van der Waals surface area contributed by atoms with E-state index < -0.39 is 35.8 Å². The molecular weight excluding hydrogens is 480 g/mol. The zero-order valence-corrected chi connectivity index (χ0v) is 18.1. The van der Waals surface area contributed by atoms with Gasteiger partial charge in [-0.3, -0.25) is 0 Å². The van der Waals surface area contributed by atoms with Gasteiger partial charge in [0.1, 0.15) is 0 Å². The van der Waals surface area contributed by atoms with E-state index in [0.717, 1.165) is 18.2 Å². The van der Waals surface area contributed by atoms with E-state index >= 15 is 0 Å². The van der Waals surface area contributed by atoms with Crippen LogP contribution in [0.2, 0.25) is 0 Å². The summed E-state index contributed by atoms with van der Waals surface area (Å²) in [6, 6.07) is 15.6. The van der Waals surface area contributed by atoms with E-state index in [9.17, 15) is 28.8 Å². The van der Waals surface area contributed by atoms with Crippen LogP contribution in [0.1, 0.15) is 62.1 Å². The van der Waals surface area contributed by atoms with Crippen LogP contribution in [0.3, 0.4) is 0 Å². The molecule has 6 N–H and O–H groups in total. The normalized spacial score (nSPS) is 9.33. The maximum Gasteiger partial charge on any atom is 0.335 e. The predicted molar refractivity (Wildman–Crippen MR) is 121 cm³/mol. The zero-order chi connectivity index (χ0) is 27.4. The number of hydrogen-bond acceptors (Lipinski definition) is 6. The van der Waals surface area contributed by atoms with Crippen molar-refractivity contribution in [1.29, 1.82) is 0 Å². The topological polar surface area (TPSA) is 224 Å². The second-order valence-electron chi connectivity index (χ2n) is 6.57. The maximum atomic E-state index is 10.4. The minimum atomic E-state index is -1.13. The Balaban J connectivity index is 0.000000270. The van der Waals surface area contributed by atoms with Gasteiger partial charge in [0.25, 0.3) is 0 Å². The van der Waals surface area contributed by atoms with Crippen LogP contribution in [0.4, 0.5) is 0 Å². The van der Waals surface area contributed by atoms with Gasteiger partial charge in [-0.05, 0) is 54.6 Å². The van der Waals surface area contributed by atoms with Crippen molar-refractivity contribution in [3.05, 3.63) is 106 Å². The summed E-state index contributed by atoms with van der Waals surface area (Å²) >= 11 is 0. The van der Waals surface area contributed by atoms with E-state index in [1.807, 2.05) is 0 Å². The standard InChI is InChI=1S/3C8H6O4/c3*9-7(10)5-2-1-3-6(4-5)8(11)12/h3*1-4H,(H,9,10)(H,11,12). The SMILES string of the molecule is O=C(O)c1cccc(C(=O)O)c1.O=C(O)c1cccc(C(=O)O)c1.O=C(O)c1cccc(C(=O)O)c1. The van der Waals surface area contributed by atoms with Gasteiger partial charge in [-0.25, -0.2) is 28.8 Å². The minimum Gasteiger partial charge on any atom is -0.478 e. The summed E-state index contributed by atoms with van der Waals surface area (Å²) in [5, 5.41) is 51.0. The summed E-state index contributed by atoms with van der Waals surface area (Å²) in [4.78, 5) is 62.3. The van der Waals surface area contributed by atoms with Crippen LogP contribution in [0.5, 0.6) is 0 Å². The lowest BCUT2D eigenvalue weighted by atomic mass is 10.1. The van der Waals surface area contributed by atoms with E-state index in [2.05, 4.69) is 0 Å². The van der Waals surface area contributed by atoms with Gasteiger partial charge in [0, 0.05) is 0 Å². The molecule has 12 heteroatoms. The number of rotatable bonds is 6. The Labute approximate surface area is 201 Å². The van der Waals surface area contributed by atoms with Crippen LogP contribution >= 0.6 is 0 Å². The van der Waals surface area contributed by atoms with Crippen molar-refractivity contribution >= 4 is 35.8 Å². The molecule has 0 spiro atoms. The highest BCUT2D eigenvalue weighted by atomic mass is 16.4. The summed E-state index contributed by atoms with van der Waals surface area (Å²) < 4.78 is 0. The van der Waals surface area contributed by atoms with Crippen molar-refractivity contribution < 1.29 is 59.4 Å². The van der Waals surface area contributed by atoms with Crippen molar-refractivity contribution in [1.82, 2.24) is 0 Å². The van der Waals surface area contributed by atoms with Crippen LogP contribution in [-0.2, 0) is 0 Å². The molecule has 0 amide bonds. The molecule has 3 aromatic rings. The number of carbonyl (C=O) groups is 6. The molecule has 12 nitrogen and oxygen atoms in total. The molecule has 0 atom stereocenters. The molecule has 0 unspecified atom stereocenters. The highest BCUT2D eigenvalue weighted by Gasteiger charge is 2.08. The third-order valence-corrected chi connectivity index (χ3v) is 4.07. The van der Waals surface area contributed by atoms with Crippen LogP contribution in [0.15, 0.2) is 72.8 Å². The van der Waals surface area contributed by atoms with E-state index in [-0.39, 0.29) is 33.4 Å². The molecule has 186 valence electrons. The smallest absolute Gasteiger partial charge is 0.335 e. The summed E-state index contributed by atoms with van der Waals surface area (Å²) in [5.41, 5.74) is -0.112. The van der Waals surface area contributed by atoms with E-state index in [0.29, 0.717) is 0 Å². The monoisotopic (exact) mass is 498 g/mol. The zero-order valence-electron chi connectivity index (χ0n) is 18.1. The Bertz CT molecular complexity index is 1060.